The molecule has 0 bridgehead atoms. The van der Waals surface area contributed by atoms with Gasteiger partial charge in [-0.15, -0.1) is 0 Å². The lowest BCUT2D eigenvalue weighted by Gasteiger charge is -2.13. The number of amides is 1. The fraction of sp³-hybridized carbons (Fsp3) is 0.200. The van der Waals surface area contributed by atoms with Gasteiger partial charge in [-0.1, -0.05) is 6.07 Å². The average molecular weight is 342 g/mol. The van der Waals surface area contributed by atoms with Crippen LogP contribution in [0.4, 0.5) is 18.9 Å². The molecule has 0 saturated carbocycles. The number of benzene rings is 1. The normalized spacial score (nSPS) is 12.7. The van der Waals surface area contributed by atoms with Crippen molar-refractivity contribution >= 4 is 23.4 Å². The predicted octanol–water partition coefficient (Wildman–Crippen LogP) is 3.46. The van der Waals surface area contributed by atoms with E-state index in [9.17, 15) is 23.2 Å². The molecule has 1 atom stereocenters. The minimum absolute atomic E-state index is 0.0559. The lowest BCUT2D eigenvalue weighted by atomic mass is 10.2. The molecule has 0 saturated heterocycles. The monoisotopic (exact) mass is 342 g/mol. The number of aromatic nitrogens is 1. The van der Waals surface area contributed by atoms with E-state index in [1.54, 1.807) is 25.1 Å². The molecule has 1 amide bonds. The summed E-state index contributed by atoms with van der Waals surface area (Å²) in [5.74, 6) is -0.488. The van der Waals surface area contributed by atoms with Crippen molar-refractivity contribution < 1.29 is 22.7 Å². The number of hydrogen-bond donors (Lipinski definition) is 1. The zero-order chi connectivity index (χ0) is 17.0. The SMILES string of the molecule is CC(Sc1cccc[n+]1[O-])C(=O)Nc1cccc(C(F)(F)F)c1. The van der Waals surface area contributed by atoms with Gasteiger partial charge < -0.3 is 10.5 Å². The predicted molar refractivity (Wildman–Crippen MR) is 80.8 cm³/mol. The highest BCUT2D eigenvalue weighted by Crippen LogP contribution is 2.31. The molecule has 1 N–H and O–H groups in total. The molecule has 8 heteroatoms. The summed E-state index contributed by atoms with van der Waals surface area (Å²) in [6.45, 7) is 1.57. The Morgan fingerprint density at radius 2 is 2.00 bits per heavy atom. The van der Waals surface area contributed by atoms with Crippen molar-refractivity contribution in [2.45, 2.75) is 23.4 Å². The van der Waals surface area contributed by atoms with Crippen LogP contribution in [0.15, 0.2) is 53.7 Å². The molecule has 4 nitrogen and oxygen atoms in total. The molecule has 0 aliphatic heterocycles. The maximum atomic E-state index is 12.6. The summed E-state index contributed by atoms with van der Waals surface area (Å²) in [5.41, 5.74) is -0.781. The summed E-state index contributed by atoms with van der Waals surface area (Å²) in [6.07, 6.45) is -3.17. The third kappa shape index (κ3) is 4.62. The molecule has 2 aromatic rings. The van der Waals surface area contributed by atoms with E-state index in [2.05, 4.69) is 5.32 Å². The number of pyridine rings is 1. The lowest BCUT2D eigenvalue weighted by Crippen LogP contribution is -2.30. The van der Waals surface area contributed by atoms with E-state index in [0.29, 0.717) is 9.76 Å². The molecule has 2 rings (SSSR count). The summed E-state index contributed by atoms with van der Waals surface area (Å²) in [6, 6.07) is 9.17. The summed E-state index contributed by atoms with van der Waals surface area (Å²) >= 11 is 1.02. The average Bonchev–Trinajstić information content (AvgIpc) is 2.49. The molecule has 0 aliphatic carbocycles. The van der Waals surface area contributed by atoms with E-state index in [0.717, 1.165) is 23.9 Å². The van der Waals surface area contributed by atoms with Gasteiger partial charge in [0, 0.05) is 17.8 Å². The molecule has 1 unspecified atom stereocenters. The first-order valence-corrected chi connectivity index (χ1v) is 7.48. The van der Waals surface area contributed by atoms with Crippen molar-refractivity contribution in [2.24, 2.45) is 0 Å². The summed E-state index contributed by atoms with van der Waals surface area (Å²) in [5, 5.41) is 13.6. The largest absolute Gasteiger partial charge is 0.618 e. The molecular weight excluding hydrogens is 329 g/mol. The van der Waals surface area contributed by atoms with Crippen LogP contribution in [0.3, 0.4) is 0 Å². The molecule has 0 radical (unpaired) electrons. The Hall–Kier alpha value is -2.22. The van der Waals surface area contributed by atoms with Gasteiger partial charge in [0.1, 0.15) is 0 Å². The fourth-order valence-electron chi connectivity index (χ4n) is 1.76. The van der Waals surface area contributed by atoms with Gasteiger partial charge in [-0.05, 0) is 43.0 Å². The van der Waals surface area contributed by atoms with Crippen molar-refractivity contribution in [3.05, 3.63) is 59.4 Å². The highest BCUT2D eigenvalue weighted by atomic mass is 32.2. The topological polar surface area (TPSA) is 56.0 Å². The number of carbonyl (C=O) groups is 1. The first-order valence-electron chi connectivity index (χ1n) is 6.60. The van der Waals surface area contributed by atoms with Crippen LogP contribution in [-0.2, 0) is 11.0 Å². The second-order valence-corrected chi connectivity index (χ2v) is 6.05. The Morgan fingerprint density at radius 1 is 1.26 bits per heavy atom. The van der Waals surface area contributed by atoms with Crippen molar-refractivity contribution in [2.75, 3.05) is 5.32 Å². The number of hydrogen-bond acceptors (Lipinski definition) is 3. The molecule has 0 aliphatic rings. The molecule has 0 fully saturated rings. The second kappa shape index (κ2) is 6.91. The van der Waals surface area contributed by atoms with Gasteiger partial charge in [0.2, 0.25) is 5.91 Å². The molecule has 0 spiro atoms. The van der Waals surface area contributed by atoms with Gasteiger partial charge >= 0.3 is 6.18 Å². The first-order chi connectivity index (χ1) is 10.8. The van der Waals surface area contributed by atoms with Crippen molar-refractivity contribution in [1.82, 2.24) is 0 Å². The molecule has 122 valence electrons. The van der Waals surface area contributed by atoms with Gasteiger partial charge in [0.15, 0.2) is 6.20 Å². The number of halogens is 3. The van der Waals surface area contributed by atoms with Crippen LogP contribution >= 0.6 is 11.8 Å². The molecule has 1 aromatic heterocycles. The number of alkyl halides is 3. The van der Waals surface area contributed by atoms with Gasteiger partial charge in [0.25, 0.3) is 5.03 Å². The van der Waals surface area contributed by atoms with Gasteiger partial charge in [-0.25, -0.2) is 0 Å². The Morgan fingerprint density at radius 3 is 2.65 bits per heavy atom. The Kier molecular flexibility index (Phi) is 5.15. The number of carbonyl (C=O) groups excluding carboxylic acids is 1. The van der Waals surface area contributed by atoms with Crippen LogP contribution in [0, 0.1) is 5.21 Å². The van der Waals surface area contributed by atoms with Crippen LogP contribution in [0.25, 0.3) is 0 Å². The first kappa shape index (κ1) is 17.1. The Labute approximate surface area is 134 Å². The number of rotatable bonds is 4. The Balaban J connectivity index is 2.06. The summed E-state index contributed by atoms with van der Waals surface area (Å²) in [4.78, 5) is 12.1. The van der Waals surface area contributed by atoms with Crippen LogP contribution in [0.2, 0.25) is 0 Å². The van der Waals surface area contributed by atoms with Gasteiger partial charge in [-0.3, -0.25) is 4.79 Å². The number of thioether (sulfide) groups is 1. The van der Waals surface area contributed by atoms with Crippen molar-refractivity contribution in [3.8, 4) is 0 Å². The maximum absolute atomic E-state index is 12.6. The third-order valence-corrected chi connectivity index (χ3v) is 4.04. The summed E-state index contributed by atoms with van der Waals surface area (Å²) < 4.78 is 38.5. The summed E-state index contributed by atoms with van der Waals surface area (Å²) in [7, 11) is 0. The Bertz CT molecular complexity index is 707. The van der Waals surface area contributed by atoms with Crippen molar-refractivity contribution in [1.29, 1.82) is 0 Å². The van der Waals surface area contributed by atoms with Gasteiger partial charge in [-0.2, -0.15) is 17.9 Å². The molecule has 23 heavy (non-hydrogen) atoms. The molecule has 1 aromatic carbocycles. The molecular formula is C15H13F3N2O2S. The smallest absolute Gasteiger partial charge is 0.416 e. The fourth-order valence-corrected chi connectivity index (χ4v) is 2.61. The minimum atomic E-state index is -4.47. The zero-order valence-electron chi connectivity index (χ0n) is 12.0. The van der Waals surface area contributed by atoms with Crippen LogP contribution in [0.5, 0.6) is 0 Å². The molecule has 1 heterocycles. The highest BCUT2D eigenvalue weighted by molar-refractivity contribution is 8.00. The van der Waals surface area contributed by atoms with Crippen LogP contribution in [-0.4, -0.2) is 11.2 Å². The second-order valence-electron chi connectivity index (χ2n) is 4.69. The zero-order valence-corrected chi connectivity index (χ0v) is 12.8. The number of nitrogens with one attached hydrogen (secondary N) is 1. The maximum Gasteiger partial charge on any atom is 0.416 e. The van der Waals surface area contributed by atoms with Crippen LogP contribution < -0.4 is 10.0 Å². The third-order valence-electron chi connectivity index (χ3n) is 2.91. The minimum Gasteiger partial charge on any atom is -0.618 e. The van der Waals surface area contributed by atoms with E-state index in [1.807, 2.05) is 0 Å². The number of nitrogens with zero attached hydrogens (tertiary/aromatic N) is 1. The van der Waals surface area contributed by atoms with E-state index in [-0.39, 0.29) is 5.69 Å². The lowest BCUT2D eigenvalue weighted by molar-refractivity contribution is -0.645. The van der Waals surface area contributed by atoms with Gasteiger partial charge in [0.05, 0.1) is 10.8 Å². The van der Waals surface area contributed by atoms with Crippen molar-refractivity contribution in [3.63, 3.8) is 0 Å². The van der Waals surface area contributed by atoms with E-state index >= 15 is 0 Å². The van der Waals surface area contributed by atoms with E-state index < -0.39 is 22.9 Å². The quantitative estimate of drug-likeness (QED) is 0.526. The highest BCUT2D eigenvalue weighted by Gasteiger charge is 2.30. The number of anilines is 1. The van der Waals surface area contributed by atoms with Crippen LogP contribution in [0.1, 0.15) is 12.5 Å². The van der Waals surface area contributed by atoms with E-state index in [4.69, 9.17) is 0 Å². The standard InChI is InChI=1S/C15H13F3N2O2S/c1-10(23-13-7-2-3-8-20(13)22)14(21)19-12-6-4-5-11(9-12)15(16,17)18/h2-10H,1H3,(H,19,21). The van der Waals surface area contributed by atoms with E-state index in [1.165, 1.54) is 18.3 Å².